The maximum Gasteiger partial charge on any atom is 0.155 e. The number of carbonyl (C=O) groups is 1. The highest BCUT2D eigenvalue weighted by Gasteiger charge is 2.63. The molecule has 24 heavy (non-hydrogen) atoms. The average Bonchev–Trinajstić information content (AvgIpc) is 2.88. The molecular weight excluding hydrogens is 320 g/mol. The van der Waals surface area contributed by atoms with Gasteiger partial charge in [-0.1, -0.05) is 18.4 Å². The van der Waals surface area contributed by atoms with Gasteiger partial charge in [-0.25, -0.2) is 0 Å². The second kappa shape index (κ2) is 5.89. The highest BCUT2D eigenvalue weighted by Crippen LogP contribution is 2.66. The minimum absolute atomic E-state index is 0.0816. The van der Waals surface area contributed by atoms with Crippen LogP contribution in [0.2, 0.25) is 0 Å². The molecule has 4 rings (SSSR count). The van der Waals surface area contributed by atoms with Gasteiger partial charge in [-0.05, 0) is 92.7 Å². The van der Waals surface area contributed by atoms with E-state index in [1.54, 1.807) is 0 Å². The first kappa shape index (κ1) is 16.7. The van der Waals surface area contributed by atoms with Gasteiger partial charge in [-0.2, -0.15) is 0 Å². The fourth-order valence-electron chi connectivity index (χ4n) is 7.01. The smallest absolute Gasteiger partial charge is 0.155 e. The van der Waals surface area contributed by atoms with Crippen molar-refractivity contribution in [3.8, 4) is 11.3 Å². The summed E-state index contributed by atoms with van der Waals surface area (Å²) in [4.78, 5) is 11.8. The zero-order valence-corrected chi connectivity index (χ0v) is 15.2. The standard InChI is InChI=1S/C21H27ClO2/c1-2-20-9-7-17-16-6-4-15(23)13-14(16)3-5-18(17)19(20)8-10-21(20,24)11-12-22/h13,16-19,24H,2-10H2,1H3/t16-,17+,18+,19-,20-,21+/m0/s1. The molecule has 0 saturated heterocycles. The van der Waals surface area contributed by atoms with E-state index in [1.165, 1.54) is 12.0 Å². The van der Waals surface area contributed by atoms with Crippen molar-refractivity contribution in [3.05, 3.63) is 11.6 Å². The maximum atomic E-state index is 11.8. The van der Waals surface area contributed by atoms with Crippen LogP contribution in [0.25, 0.3) is 0 Å². The molecule has 3 fully saturated rings. The first-order valence-corrected chi connectivity index (χ1v) is 10.0. The normalized spacial score (nSPS) is 47.0. The van der Waals surface area contributed by atoms with Crippen molar-refractivity contribution in [1.29, 1.82) is 0 Å². The van der Waals surface area contributed by atoms with Crippen LogP contribution in [0.1, 0.15) is 64.7 Å². The first-order valence-electron chi connectivity index (χ1n) is 9.63. The third-order valence-corrected chi connectivity index (χ3v) is 8.13. The summed E-state index contributed by atoms with van der Waals surface area (Å²) in [7, 11) is 0. The monoisotopic (exact) mass is 346 g/mol. The van der Waals surface area contributed by atoms with Gasteiger partial charge in [0.1, 0.15) is 5.60 Å². The molecule has 0 heterocycles. The largest absolute Gasteiger partial charge is 0.377 e. The molecule has 0 radical (unpaired) electrons. The fourth-order valence-corrected chi connectivity index (χ4v) is 7.17. The number of ketones is 1. The van der Waals surface area contributed by atoms with Crippen LogP contribution in [0, 0.1) is 40.4 Å². The summed E-state index contributed by atoms with van der Waals surface area (Å²) in [5, 5.41) is 13.8. The van der Waals surface area contributed by atoms with Crippen LogP contribution >= 0.6 is 11.6 Å². The van der Waals surface area contributed by atoms with E-state index >= 15 is 0 Å². The van der Waals surface area contributed by atoms with Crippen LogP contribution in [-0.4, -0.2) is 16.5 Å². The molecule has 0 spiro atoms. The highest BCUT2D eigenvalue weighted by molar-refractivity contribution is 6.30. The Morgan fingerprint density at radius 3 is 2.79 bits per heavy atom. The van der Waals surface area contributed by atoms with Crippen molar-refractivity contribution in [2.45, 2.75) is 70.3 Å². The molecule has 3 saturated carbocycles. The Balaban J connectivity index is 1.67. The van der Waals surface area contributed by atoms with Crippen molar-refractivity contribution in [2.75, 3.05) is 0 Å². The Morgan fingerprint density at radius 1 is 1.21 bits per heavy atom. The predicted molar refractivity (Wildman–Crippen MR) is 95.3 cm³/mol. The molecule has 0 unspecified atom stereocenters. The van der Waals surface area contributed by atoms with E-state index in [-0.39, 0.29) is 5.41 Å². The lowest BCUT2D eigenvalue weighted by atomic mass is 9.49. The number of rotatable bonds is 1. The third-order valence-electron chi connectivity index (χ3n) is 8.03. The molecule has 1 N–H and O–H groups in total. The van der Waals surface area contributed by atoms with Gasteiger partial charge >= 0.3 is 0 Å². The van der Waals surface area contributed by atoms with Crippen molar-refractivity contribution in [3.63, 3.8) is 0 Å². The molecule has 2 nitrogen and oxygen atoms in total. The van der Waals surface area contributed by atoms with E-state index in [0.29, 0.717) is 29.5 Å². The molecule has 0 aliphatic heterocycles. The molecule has 0 aromatic carbocycles. The number of carbonyl (C=O) groups excluding carboxylic acids is 1. The molecule has 4 aliphatic rings. The Labute approximate surface area is 150 Å². The molecule has 0 aromatic rings. The highest BCUT2D eigenvalue weighted by atomic mass is 35.5. The van der Waals surface area contributed by atoms with Crippen molar-refractivity contribution in [2.24, 2.45) is 29.1 Å². The quantitative estimate of drug-likeness (QED) is 0.712. The Morgan fingerprint density at radius 2 is 2.04 bits per heavy atom. The summed E-state index contributed by atoms with van der Waals surface area (Å²) < 4.78 is 0. The lowest BCUT2D eigenvalue weighted by Gasteiger charge is -2.55. The topological polar surface area (TPSA) is 37.3 Å². The lowest BCUT2D eigenvalue weighted by molar-refractivity contribution is -0.117. The van der Waals surface area contributed by atoms with E-state index in [0.717, 1.165) is 51.4 Å². The summed E-state index contributed by atoms with van der Waals surface area (Å²) >= 11 is 5.70. The summed E-state index contributed by atoms with van der Waals surface area (Å²) in [6, 6.07) is 0. The number of hydrogen-bond acceptors (Lipinski definition) is 2. The van der Waals surface area contributed by atoms with Crippen LogP contribution < -0.4 is 0 Å². The molecule has 6 atom stereocenters. The van der Waals surface area contributed by atoms with Crippen molar-refractivity contribution < 1.29 is 9.90 Å². The number of fused-ring (bicyclic) bond motifs is 5. The number of aliphatic hydroxyl groups is 1. The summed E-state index contributed by atoms with van der Waals surface area (Å²) in [6.45, 7) is 2.22. The summed E-state index contributed by atoms with van der Waals surface area (Å²) in [5.41, 5.74) is 0.435. The Bertz CT molecular complexity index is 642. The Kier molecular flexibility index (Phi) is 4.09. The molecule has 3 heteroatoms. The first-order chi connectivity index (χ1) is 11.5. The van der Waals surface area contributed by atoms with Crippen LogP contribution in [0.5, 0.6) is 0 Å². The van der Waals surface area contributed by atoms with Gasteiger partial charge in [0.25, 0.3) is 0 Å². The van der Waals surface area contributed by atoms with E-state index in [9.17, 15) is 9.90 Å². The SMILES string of the molecule is CC[C@]12CC[C@H]3[C@@H](CCC4=CC(=O)CC[C@@H]43)[C@@H]1CC[C@@]2(O)C#CCl. The lowest BCUT2D eigenvalue weighted by Crippen LogP contribution is -2.53. The minimum atomic E-state index is -0.905. The average molecular weight is 347 g/mol. The molecule has 0 amide bonds. The second-order valence-electron chi connectivity index (χ2n) is 8.47. The fraction of sp³-hybridized carbons (Fsp3) is 0.762. The van der Waals surface area contributed by atoms with Crippen LogP contribution in [0.15, 0.2) is 11.6 Å². The molecular formula is C21H27ClO2. The third kappa shape index (κ3) is 2.17. The Hall–Kier alpha value is -0.780. The van der Waals surface area contributed by atoms with Crippen molar-refractivity contribution in [1.82, 2.24) is 0 Å². The van der Waals surface area contributed by atoms with Gasteiger partial charge in [0, 0.05) is 17.2 Å². The van der Waals surface area contributed by atoms with Crippen LogP contribution in [0.3, 0.4) is 0 Å². The van der Waals surface area contributed by atoms with E-state index in [2.05, 4.69) is 18.2 Å². The number of allylic oxidation sites excluding steroid dienone is 1. The molecule has 0 bridgehead atoms. The van der Waals surface area contributed by atoms with E-state index < -0.39 is 5.60 Å². The van der Waals surface area contributed by atoms with Crippen LogP contribution in [-0.2, 0) is 4.79 Å². The zero-order valence-electron chi connectivity index (χ0n) is 14.5. The minimum Gasteiger partial charge on any atom is -0.377 e. The zero-order chi connectivity index (χ0) is 16.9. The number of hydrogen-bond donors (Lipinski definition) is 1. The van der Waals surface area contributed by atoms with Gasteiger partial charge in [0.05, 0.1) is 0 Å². The number of halogens is 1. The molecule has 4 aliphatic carbocycles. The van der Waals surface area contributed by atoms with Gasteiger partial charge in [-0.15, -0.1) is 0 Å². The van der Waals surface area contributed by atoms with Gasteiger partial charge in [0.15, 0.2) is 5.78 Å². The van der Waals surface area contributed by atoms with Gasteiger partial charge in [-0.3, -0.25) is 4.79 Å². The predicted octanol–water partition coefficient (Wildman–Crippen LogP) is 4.45. The molecule has 130 valence electrons. The van der Waals surface area contributed by atoms with Crippen LogP contribution in [0.4, 0.5) is 0 Å². The van der Waals surface area contributed by atoms with Gasteiger partial charge in [0.2, 0.25) is 0 Å². The van der Waals surface area contributed by atoms with Gasteiger partial charge < -0.3 is 5.11 Å². The summed E-state index contributed by atoms with van der Waals surface area (Å²) in [5.74, 6) is 5.87. The summed E-state index contributed by atoms with van der Waals surface area (Å²) in [6.07, 6.45) is 11.0. The molecule has 0 aromatic heterocycles. The van der Waals surface area contributed by atoms with E-state index in [1.807, 2.05) is 6.08 Å². The van der Waals surface area contributed by atoms with Crippen molar-refractivity contribution >= 4 is 17.4 Å². The maximum absolute atomic E-state index is 11.8. The van der Waals surface area contributed by atoms with E-state index in [4.69, 9.17) is 11.6 Å². The second-order valence-corrected chi connectivity index (χ2v) is 8.66.